The second-order valence-corrected chi connectivity index (χ2v) is 5.75. The molecule has 0 saturated heterocycles. The maximum absolute atomic E-state index is 13.8. The minimum atomic E-state index is -0.339. The Morgan fingerprint density at radius 1 is 1.43 bits per heavy atom. The predicted octanol–water partition coefficient (Wildman–Crippen LogP) is 4.21. The van der Waals surface area contributed by atoms with Crippen LogP contribution in [0.15, 0.2) is 29.8 Å². The number of nitrogens with zero attached hydrogens (tertiary/aromatic N) is 2. The van der Waals surface area contributed by atoms with Gasteiger partial charge in [0, 0.05) is 18.5 Å². The molecule has 0 saturated carbocycles. The van der Waals surface area contributed by atoms with Crippen LogP contribution >= 0.6 is 11.3 Å². The zero-order chi connectivity index (χ0) is 15.1. The average Bonchev–Trinajstić information content (AvgIpc) is 3.03. The Balaban J connectivity index is 2.38. The van der Waals surface area contributed by atoms with Crippen molar-refractivity contribution in [3.8, 4) is 11.8 Å². The molecule has 0 spiro atoms. The number of thiophene rings is 1. The molecule has 2 heterocycles. The number of rotatable bonds is 2. The van der Waals surface area contributed by atoms with Crippen molar-refractivity contribution in [1.82, 2.24) is 4.57 Å². The van der Waals surface area contributed by atoms with Gasteiger partial charge < -0.3 is 4.57 Å². The Morgan fingerprint density at radius 2 is 2.19 bits per heavy atom. The zero-order valence-corrected chi connectivity index (χ0v) is 12.3. The number of halogens is 1. The van der Waals surface area contributed by atoms with Crippen LogP contribution < -0.4 is 0 Å². The summed E-state index contributed by atoms with van der Waals surface area (Å²) in [4.78, 5) is 12.3. The van der Waals surface area contributed by atoms with Crippen LogP contribution in [0.2, 0.25) is 0 Å². The van der Waals surface area contributed by atoms with Gasteiger partial charge >= 0.3 is 0 Å². The average molecular weight is 298 g/mol. The van der Waals surface area contributed by atoms with E-state index in [1.54, 1.807) is 23.8 Å². The van der Waals surface area contributed by atoms with Crippen LogP contribution in [0.25, 0.3) is 16.6 Å². The number of aryl methyl sites for hydroxylation is 1. The molecule has 0 N–H and O–H groups in total. The molecule has 0 unspecified atom stereocenters. The fraction of sp³-hybridized carbons (Fsp3) is 0.125. The number of hydrogen-bond acceptors (Lipinski definition) is 3. The Kier molecular flexibility index (Phi) is 3.11. The lowest BCUT2D eigenvalue weighted by Gasteiger charge is -2.06. The lowest BCUT2D eigenvalue weighted by Crippen LogP contribution is -1.98. The van der Waals surface area contributed by atoms with Crippen molar-refractivity contribution in [2.75, 3.05) is 0 Å². The van der Waals surface area contributed by atoms with E-state index in [-0.39, 0.29) is 11.6 Å². The number of fused-ring (bicyclic) bond motifs is 1. The monoisotopic (exact) mass is 298 g/mol. The van der Waals surface area contributed by atoms with Gasteiger partial charge in [-0.2, -0.15) is 5.26 Å². The minimum Gasteiger partial charge on any atom is -0.314 e. The number of ketones is 1. The van der Waals surface area contributed by atoms with Crippen LogP contribution in [0.1, 0.15) is 27.7 Å². The van der Waals surface area contributed by atoms with Crippen LogP contribution in [0.5, 0.6) is 0 Å². The molecule has 2 aromatic heterocycles. The molecule has 104 valence electrons. The first kappa shape index (κ1) is 13.5. The molecular weight excluding hydrogens is 287 g/mol. The molecule has 0 amide bonds. The number of benzene rings is 1. The van der Waals surface area contributed by atoms with E-state index in [0.29, 0.717) is 21.4 Å². The largest absolute Gasteiger partial charge is 0.314 e. The third-order valence-corrected chi connectivity index (χ3v) is 4.43. The molecule has 0 bridgehead atoms. The number of Topliss-reactive ketones (excluding diaryl/α,β-unsaturated/α-hetero) is 1. The van der Waals surface area contributed by atoms with E-state index < -0.39 is 0 Å². The second kappa shape index (κ2) is 4.83. The van der Waals surface area contributed by atoms with Gasteiger partial charge in [-0.15, -0.1) is 11.3 Å². The van der Waals surface area contributed by atoms with Crippen molar-refractivity contribution >= 4 is 28.0 Å². The normalized spacial score (nSPS) is 10.8. The smallest absolute Gasteiger partial charge is 0.171 e. The molecule has 0 atom stereocenters. The number of carbonyl (C=O) groups is 1. The van der Waals surface area contributed by atoms with Crippen LogP contribution in [0, 0.1) is 24.1 Å². The summed E-state index contributed by atoms with van der Waals surface area (Å²) in [6.45, 7) is 3.19. The van der Waals surface area contributed by atoms with Crippen molar-refractivity contribution in [2.24, 2.45) is 0 Å². The minimum absolute atomic E-state index is 0.0285. The van der Waals surface area contributed by atoms with E-state index in [9.17, 15) is 14.4 Å². The van der Waals surface area contributed by atoms with Gasteiger partial charge in [-0.3, -0.25) is 4.79 Å². The van der Waals surface area contributed by atoms with Gasteiger partial charge in [0.25, 0.3) is 0 Å². The maximum atomic E-state index is 13.8. The number of carbonyl (C=O) groups excluding carboxylic acids is 1. The molecule has 0 fully saturated rings. The van der Waals surface area contributed by atoms with Gasteiger partial charge in [0.15, 0.2) is 5.78 Å². The highest BCUT2D eigenvalue weighted by atomic mass is 32.1. The molecular formula is C16H11FN2OS. The molecule has 0 aliphatic rings. The highest BCUT2D eigenvalue weighted by Gasteiger charge is 2.16. The Bertz CT molecular complexity index is 914. The molecule has 0 aliphatic heterocycles. The van der Waals surface area contributed by atoms with Crippen LogP contribution in [-0.2, 0) is 0 Å². The van der Waals surface area contributed by atoms with E-state index in [1.807, 2.05) is 11.4 Å². The van der Waals surface area contributed by atoms with Gasteiger partial charge in [0.2, 0.25) is 0 Å². The number of nitriles is 1. The fourth-order valence-corrected chi connectivity index (χ4v) is 3.18. The van der Waals surface area contributed by atoms with E-state index in [4.69, 9.17) is 0 Å². The Morgan fingerprint density at radius 3 is 2.86 bits per heavy atom. The van der Waals surface area contributed by atoms with E-state index in [2.05, 4.69) is 6.07 Å². The summed E-state index contributed by atoms with van der Waals surface area (Å²) in [5.41, 5.74) is 2.35. The summed E-state index contributed by atoms with van der Waals surface area (Å²) in [6.07, 6.45) is 1.65. The van der Waals surface area contributed by atoms with Gasteiger partial charge in [0.1, 0.15) is 11.9 Å². The summed E-state index contributed by atoms with van der Waals surface area (Å²) < 4.78 is 15.5. The SMILES string of the molecule is CC(=O)c1sccc1-n1cc(C#N)c2cc(F)c(C)cc21. The zero-order valence-electron chi connectivity index (χ0n) is 11.5. The van der Waals surface area contributed by atoms with Crippen molar-refractivity contribution < 1.29 is 9.18 Å². The summed E-state index contributed by atoms with van der Waals surface area (Å²) in [6, 6.07) is 6.99. The lowest BCUT2D eigenvalue weighted by molar-refractivity contribution is 0.102. The second-order valence-electron chi connectivity index (χ2n) is 4.83. The topological polar surface area (TPSA) is 45.8 Å². The standard InChI is InChI=1S/C16H11FN2OS/c1-9-5-15-12(6-13(9)17)11(7-18)8-19(15)14-3-4-21-16(14)10(2)20/h3-6,8H,1-2H3. The Labute approximate surface area is 124 Å². The van der Waals surface area contributed by atoms with Crippen molar-refractivity contribution in [2.45, 2.75) is 13.8 Å². The van der Waals surface area contributed by atoms with Crippen molar-refractivity contribution in [3.05, 3.63) is 51.6 Å². The number of hydrogen-bond donors (Lipinski definition) is 0. The quantitative estimate of drug-likeness (QED) is 0.665. The van der Waals surface area contributed by atoms with Crippen LogP contribution in [0.3, 0.4) is 0 Å². The molecule has 3 nitrogen and oxygen atoms in total. The first-order valence-electron chi connectivity index (χ1n) is 6.33. The van der Waals surface area contributed by atoms with Crippen molar-refractivity contribution in [3.63, 3.8) is 0 Å². The molecule has 1 aromatic carbocycles. The van der Waals surface area contributed by atoms with E-state index >= 15 is 0 Å². The molecule has 3 rings (SSSR count). The first-order valence-corrected chi connectivity index (χ1v) is 7.21. The lowest BCUT2D eigenvalue weighted by atomic mass is 10.1. The number of aromatic nitrogens is 1. The fourth-order valence-electron chi connectivity index (χ4n) is 2.39. The summed E-state index contributed by atoms with van der Waals surface area (Å²) in [5.74, 6) is -0.368. The molecule has 21 heavy (non-hydrogen) atoms. The highest BCUT2D eigenvalue weighted by Crippen LogP contribution is 2.30. The summed E-state index contributed by atoms with van der Waals surface area (Å²) in [7, 11) is 0. The van der Waals surface area contributed by atoms with Crippen molar-refractivity contribution in [1.29, 1.82) is 5.26 Å². The summed E-state index contributed by atoms with van der Waals surface area (Å²) >= 11 is 1.36. The first-order chi connectivity index (χ1) is 10.0. The summed E-state index contributed by atoms with van der Waals surface area (Å²) in [5, 5.41) is 11.6. The Hall–Kier alpha value is -2.45. The highest BCUT2D eigenvalue weighted by molar-refractivity contribution is 7.12. The maximum Gasteiger partial charge on any atom is 0.171 e. The molecule has 0 radical (unpaired) electrons. The molecule has 5 heteroatoms. The third kappa shape index (κ3) is 2.05. The third-order valence-electron chi connectivity index (χ3n) is 3.43. The molecule has 3 aromatic rings. The van der Waals surface area contributed by atoms with E-state index in [0.717, 1.165) is 11.2 Å². The van der Waals surface area contributed by atoms with Gasteiger partial charge in [-0.25, -0.2) is 4.39 Å². The van der Waals surface area contributed by atoms with Gasteiger partial charge in [0.05, 0.1) is 21.6 Å². The van der Waals surface area contributed by atoms with Crippen LogP contribution in [0.4, 0.5) is 4.39 Å². The van der Waals surface area contributed by atoms with Gasteiger partial charge in [-0.1, -0.05) is 0 Å². The van der Waals surface area contributed by atoms with Crippen LogP contribution in [-0.4, -0.2) is 10.4 Å². The predicted molar refractivity (Wildman–Crippen MR) is 80.6 cm³/mol. The van der Waals surface area contributed by atoms with E-state index in [1.165, 1.54) is 24.3 Å². The van der Waals surface area contributed by atoms with Gasteiger partial charge in [-0.05, 0) is 36.1 Å². The molecule has 0 aliphatic carbocycles.